The summed E-state index contributed by atoms with van der Waals surface area (Å²) in [7, 11) is 0. The van der Waals surface area contributed by atoms with Crippen LogP contribution in [0.15, 0.2) is 24.3 Å². The minimum Gasteiger partial charge on any atom is -0.314 e. The summed E-state index contributed by atoms with van der Waals surface area (Å²) in [6.45, 7) is 6.60. The first-order valence-corrected chi connectivity index (χ1v) is 6.30. The van der Waals surface area contributed by atoms with Crippen molar-refractivity contribution in [3.05, 3.63) is 35.4 Å². The van der Waals surface area contributed by atoms with E-state index in [9.17, 15) is 0 Å². The van der Waals surface area contributed by atoms with Gasteiger partial charge in [-0.05, 0) is 24.1 Å². The van der Waals surface area contributed by atoms with Crippen molar-refractivity contribution in [3.8, 4) is 6.07 Å². The van der Waals surface area contributed by atoms with Crippen molar-refractivity contribution in [1.29, 1.82) is 5.26 Å². The highest BCUT2D eigenvalue weighted by Crippen LogP contribution is 2.24. The summed E-state index contributed by atoms with van der Waals surface area (Å²) in [5.41, 5.74) is 2.07. The van der Waals surface area contributed by atoms with Crippen molar-refractivity contribution in [2.75, 3.05) is 26.2 Å². The van der Waals surface area contributed by atoms with Crippen molar-refractivity contribution >= 4 is 0 Å². The van der Waals surface area contributed by atoms with Gasteiger partial charge in [0.25, 0.3) is 0 Å². The van der Waals surface area contributed by atoms with Crippen LogP contribution in [0.25, 0.3) is 0 Å². The van der Waals surface area contributed by atoms with E-state index in [2.05, 4.69) is 35.3 Å². The monoisotopic (exact) mass is 229 g/mol. The van der Waals surface area contributed by atoms with Crippen molar-refractivity contribution in [1.82, 2.24) is 10.2 Å². The minimum absolute atomic E-state index is 0.491. The lowest BCUT2D eigenvalue weighted by Crippen LogP contribution is -2.45. The van der Waals surface area contributed by atoms with Crippen LogP contribution in [0, 0.1) is 11.3 Å². The molecule has 1 N–H and O–H groups in total. The van der Waals surface area contributed by atoms with Crippen molar-refractivity contribution < 1.29 is 0 Å². The number of piperazine rings is 1. The van der Waals surface area contributed by atoms with E-state index >= 15 is 0 Å². The van der Waals surface area contributed by atoms with Gasteiger partial charge in [-0.1, -0.05) is 19.1 Å². The average Bonchev–Trinajstić information content (AvgIpc) is 2.42. The molecule has 1 aromatic carbocycles. The van der Waals surface area contributed by atoms with E-state index in [1.807, 2.05) is 12.1 Å². The SMILES string of the molecule is CC[C@@H](c1ccc(C#N)cc1)N1CCNCC1. The minimum atomic E-state index is 0.491. The molecule has 90 valence electrons. The lowest BCUT2D eigenvalue weighted by molar-refractivity contribution is 0.169. The number of hydrogen-bond donors (Lipinski definition) is 1. The zero-order valence-corrected chi connectivity index (χ0v) is 10.3. The van der Waals surface area contributed by atoms with Crippen LogP contribution < -0.4 is 5.32 Å². The third kappa shape index (κ3) is 2.85. The predicted molar refractivity (Wildman–Crippen MR) is 68.6 cm³/mol. The Kier molecular flexibility index (Phi) is 4.13. The van der Waals surface area contributed by atoms with Crippen molar-refractivity contribution in [3.63, 3.8) is 0 Å². The van der Waals surface area contributed by atoms with E-state index in [0.717, 1.165) is 38.2 Å². The molecule has 1 aromatic rings. The van der Waals surface area contributed by atoms with Crippen LogP contribution in [-0.2, 0) is 0 Å². The second-order valence-corrected chi connectivity index (χ2v) is 4.44. The zero-order chi connectivity index (χ0) is 12.1. The van der Waals surface area contributed by atoms with E-state index in [0.29, 0.717) is 6.04 Å². The summed E-state index contributed by atoms with van der Waals surface area (Å²) < 4.78 is 0. The van der Waals surface area contributed by atoms with Crippen LogP contribution in [0.1, 0.15) is 30.5 Å². The summed E-state index contributed by atoms with van der Waals surface area (Å²) >= 11 is 0. The molecule has 1 saturated heterocycles. The largest absolute Gasteiger partial charge is 0.314 e. The summed E-state index contributed by atoms with van der Waals surface area (Å²) in [5, 5.41) is 12.2. The number of rotatable bonds is 3. The van der Waals surface area contributed by atoms with Gasteiger partial charge in [-0.3, -0.25) is 4.90 Å². The van der Waals surface area contributed by atoms with Gasteiger partial charge in [0.2, 0.25) is 0 Å². The van der Waals surface area contributed by atoms with Gasteiger partial charge in [0.1, 0.15) is 0 Å². The van der Waals surface area contributed by atoms with E-state index in [-0.39, 0.29) is 0 Å². The lowest BCUT2D eigenvalue weighted by atomic mass is 10.0. The second kappa shape index (κ2) is 5.81. The van der Waals surface area contributed by atoms with E-state index in [1.54, 1.807) is 0 Å². The molecule has 3 nitrogen and oxygen atoms in total. The van der Waals surface area contributed by atoms with Crippen LogP contribution in [0.5, 0.6) is 0 Å². The van der Waals surface area contributed by atoms with E-state index < -0.39 is 0 Å². The second-order valence-electron chi connectivity index (χ2n) is 4.44. The summed E-state index contributed by atoms with van der Waals surface area (Å²) in [6, 6.07) is 10.7. The van der Waals surface area contributed by atoms with Crippen molar-refractivity contribution in [2.24, 2.45) is 0 Å². The Morgan fingerprint density at radius 1 is 1.29 bits per heavy atom. The van der Waals surface area contributed by atoms with Crippen LogP contribution in [-0.4, -0.2) is 31.1 Å². The fourth-order valence-corrected chi connectivity index (χ4v) is 2.48. The molecule has 0 bridgehead atoms. The Morgan fingerprint density at radius 3 is 2.47 bits per heavy atom. The quantitative estimate of drug-likeness (QED) is 0.860. The highest BCUT2D eigenvalue weighted by atomic mass is 15.2. The van der Waals surface area contributed by atoms with Crippen LogP contribution in [0.3, 0.4) is 0 Å². The molecule has 2 rings (SSSR count). The highest BCUT2D eigenvalue weighted by Gasteiger charge is 2.20. The predicted octanol–water partition coefficient (Wildman–Crippen LogP) is 1.91. The first-order chi connectivity index (χ1) is 8.35. The fourth-order valence-electron chi connectivity index (χ4n) is 2.48. The van der Waals surface area contributed by atoms with E-state index in [1.165, 1.54) is 5.56 Å². The molecular formula is C14H19N3. The Bertz CT molecular complexity index is 385. The maximum absolute atomic E-state index is 8.80. The fraction of sp³-hybridized carbons (Fsp3) is 0.500. The van der Waals surface area contributed by atoms with Gasteiger partial charge in [-0.2, -0.15) is 5.26 Å². The number of hydrogen-bond acceptors (Lipinski definition) is 3. The van der Waals surface area contributed by atoms with Gasteiger partial charge >= 0.3 is 0 Å². The first-order valence-electron chi connectivity index (χ1n) is 6.30. The topological polar surface area (TPSA) is 39.1 Å². The summed E-state index contributed by atoms with van der Waals surface area (Å²) in [5.74, 6) is 0. The molecule has 0 amide bonds. The Morgan fingerprint density at radius 2 is 1.94 bits per heavy atom. The van der Waals surface area contributed by atoms with Crippen LogP contribution >= 0.6 is 0 Å². The number of benzene rings is 1. The maximum Gasteiger partial charge on any atom is 0.0991 e. The third-order valence-corrected chi connectivity index (χ3v) is 3.40. The van der Waals surface area contributed by atoms with Gasteiger partial charge in [0.15, 0.2) is 0 Å². The number of nitriles is 1. The maximum atomic E-state index is 8.80. The Balaban J connectivity index is 2.13. The molecule has 0 saturated carbocycles. The molecule has 0 aliphatic carbocycles. The molecule has 1 heterocycles. The molecule has 0 aromatic heterocycles. The zero-order valence-electron chi connectivity index (χ0n) is 10.3. The molecule has 3 heteroatoms. The molecule has 1 fully saturated rings. The van der Waals surface area contributed by atoms with Gasteiger partial charge < -0.3 is 5.32 Å². The van der Waals surface area contributed by atoms with E-state index in [4.69, 9.17) is 5.26 Å². The average molecular weight is 229 g/mol. The van der Waals surface area contributed by atoms with Gasteiger partial charge in [-0.25, -0.2) is 0 Å². The molecule has 1 aliphatic rings. The summed E-state index contributed by atoms with van der Waals surface area (Å²) in [6.07, 6.45) is 1.12. The Labute approximate surface area is 103 Å². The lowest BCUT2D eigenvalue weighted by Gasteiger charge is -2.34. The normalized spacial score (nSPS) is 18.6. The van der Waals surface area contributed by atoms with Crippen molar-refractivity contribution in [2.45, 2.75) is 19.4 Å². The molecule has 0 unspecified atom stereocenters. The first kappa shape index (κ1) is 12.1. The van der Waals surface area contributed by atoms with Crippen LogP contribution in [0.4, 0.5) is 0 Å². The number of nitrogens with one attached hydrogen (secondary N) is 1. The molecule has 1 aliphatic heterocycles. The molecular weight excluding hydrogens is 210 g/mol. The van der Waals surface area contributed by atoms with Gasteiger partial charge in [0.05, 0.1) is 11.6 Å². The molecule has 0 spiro atoms. The number of nitrogens with zero attached hydrogens (tertiary/aromatic N) is 2. The standard InChI is InChI=1S/C14H19N3/c1-2-14(17-9-7-16-8-10-17)13-5-3-12(11-15)4-6-13/h3-6,14,16H,2,7-10H2,1H3/t14-/m0/s1. The smallest absolute Gasteiger partial charge is 0.0991 e. The van der Waals surface area contributed by atoms with Gasteiger partial charge in [-0.15, -0.1) is 0 Å². The third-order valence-electron chi connectivity index (χ3n) is 3.40. The molecule has 17 heavy (non-hydrogen) atoms. The van der Waals surface area contributed by atoms with Crippen LogP contribution in [0.2, 0.25) is 0 Å². The summed E-state index contributed by atoms with van der Waals surface area (Å²) in [4.78, 5) is 2.53. The van der Waals surface area contributed by atoms with Gasteiger partial charge in [0, 0.05) is 32.2 Å². The molecule has 0 radical (unpaired) electrons. The Hall–Kier alpha value is -1.37. The highest BCUT2D eigenvalue weighted by molar-refractivity contribution is 5.32. The molecule has 1 atom stereocenters.